The minimum atomic E-state index is -0.786. The van der Waals surface area contributed by atoms with E-state index in [9.17, 15) is 9.59 Å². The van der Waals surface area contributed by atoms with E-state index in [2.05, 4.69) is 0 Å². The highest BCUT2D eigenvalue weighted by atomic mass is 16.4. The lowest BCUT2D eigenvalue weighted by Gasteiger charge is -2.16. The Kier molecular flexibility index (Phi) is 6.70. The van der Waals surface area contributed by atoms with Gasteiger partial charge in [-0.3, -0.25) is 9.59 Å². The van der Waals surface area contributed by atoms with Crippen LogP contribution in [0.15, 0.2) is 0 Å². The van der Waals surface area contributed by atoms with Crippen LogP contribution in [0.25, 0.3) is 0 Å². The van der Waals surface area contributed by atoms with Gasteiger partial charge in [0.05, 0.1) is 6.42 Å². The fraction of sp³-hybridized carbons (Fsp3) is 0.800. The Balaban J connectivity index is 3.50. The first-order valence-electron chi connectivity index (χ1n) is 5.04. The minimum Gasteiger partial charge on any atom is -0.481 e. The summed E-state index contributed by atoms with van der Waals surface area (Å²) in [5, 5.41) is 8.46. The highest BCUT2D eigenvalue weighted by Gasteiger charge is 2.06. The molecule has 0 unspecified atom stereocenters. The van der Waals surface area contributed by atoms with E-state index in [0.717, 1.165) is 13.0 Å². The van der Waals surface area contributed by atoms with Crippen LogP contribution < -0.4 is 0 Å². The Labute approximate surface area is 90.7 Å². The average Bonchev–Trinajstić information content (AvgIpc) is 2.14. The van der Waals surface area contributed by atoms with Crippen molar-refractivity contribution in [1.82, 2.24) is 9.80 Å². The maximum absolute atomic E-state index is 11.2. The van der Waals surface area contributed by atoms with Crippen LogP contribution in [0.2, 0.25) is 0 Å². The van der Waals surface area contributed by atoms with Crippen molar-refractivity contribution in [2.75, 3.05) is 34.2 Å². The van der Waals surface area contributed by atoms with Crippen LogP contribution in [0, 0.1) is 0 Å². The summed E-state index contributed by atoms with van der Waals surface area (Å²) in [6, 6.07) is 0. The topological polar surface area (TPSA) is 60.9 Å². The summed E-state index contributed by atoms with van der Waals surface area (Å²) in [5.41, 5.74) is 0. The number of carboxylic acids is 1. The van der Waals surface area contributed by atoms with Gasteiger partial charge in [0, 0.05) is 27.1 Å². The molecule has 5 nitrogen and oxygen atoms in total. The maximum Gasteiger partial charge on any atom is 0.304 e. The minimum absolute atomic E-state index is 0.113. The molecule has 0 aromatic heterocycles. The summed E-state index contributed by atoms with van der Waals surface area (Å²) >= 11 is 0. The fourth-order valence-electron chi connectivity index (χ4n) is 1.12. The smallest absolute Gasteiger partial charge is 0.304 e. The van der Waals surface area contributed by atoms with Gasteiger partial charge in [-0.2, -0.15) is 0 Å². The molecule has 0 heterocycles. The Hall–Kier alpha value is -1.10. The number of carboxylic acid groups (broad SMARTS) is 1. The van der Waals surface area contributed by atoms with Crippen molar-refractivity contribution in [3.8, 4) is 0 Å². The van der Waals surface area contributed by atoms with E-state index in [1.54, 1.807) is 19.0 Å². The molecule has 15 heavy (non-hydrogen) atoms. The first-order chi connectivity index (χ1) is 6.93. The van der Waals surface area contributed by atoms with Crippen LogP contribution in [0.4, 0.5) is 0 Å². The Morgan fingerprint density at radius 2 is 1.67 bits per heavy atom. The van der Waals surface area contributed by atoms with Crippen molar-refractivity contribution in [3.63, 3.8) is 0 Å². The van der Waals surface area contributed by atoms with Crippen LogP contribution in [0.1, 0.15) is 19.3 Å². The van der Waals surface area contributed by atoms with E-state index in [0.29, 0.717) is 13.0 Å². The molecular formula is C10H20N2O3. The number of amides is 1. The van der Waals surface area contributed by atoms with E-state index in [1.165, 1.54) is 0 Å². The third kappa shape index (κ3) is 7.93. The van der Waals surface area contributed by atoms with Gasteiger partial charge in [-0.1, -0.05) is 0 Å². The number of hydrogen-bond donors (Lipinski definition) is 1. The standard InChI is InChI=1S/C10H20N2O3/c1-11(2)9(13)5-4-7-12(3)8-6-10(14)15/h4-8H2,1-3H3,(H,14,15). The quantitative estimate of drug-likeness (QED) is 0.663. The molecule has 5 heteroatoms. The molecule has 1 N–H and O–H groups in total. The third-order valence-electron chi connectivity index (χ3n) is 2.14. The van der Waals surface area contributed by atoms with E-state index in [1.807, 2.05) is 11.9 Å². The second-order valence-corrected chi connectivity index (χ2v) is 3.84. The Morgan fingerprint density at radius 1 is 1.07 bits per heavy atom. The molecule has 0 aliphatic carbocycles. The van der Waals surface area contributed by atoms with Crippen molar-refractivity contribution in [2.45, 2.75) is 19.3 Å². The predicted octanol–water partition coefficient (Wildman–Crippen LogP) is 0.261. The lowest BCUT2D eigenvalue weighted by atomic mass is 10.2. The molecule has 0 bridgehead atoms. The lowest BCUT2D eigenvalue weighted by molar-refractivity contribution is -0.137. The first-order valence-corrected chi connectivity index (χ1v) is 5.04. The van der Waals surface area contributed by atoms with Gasteiger partial charge in [-0.15, -0.1) is 0 Å². The molecule has 0 fully saturated rings. The van der Waals surface area contributed by atoms with Gasteiger partial charge in [0.25, 0.3) is 0 Å². The number of aliphatic carboxylic acids is 1. The molecule has 0 saturated carbocycles. The summed E-state index contributed by atoms with van der Waals surface area (Å²) in [4.78, 5) is 25.0. The summed E-state index contributed by atoms with van der Waals surface area (Å²) in [5.74, 6) is -0.673. The van der Waals surface area contributed by atoms with Gasteiger partial charge in [-0.25, -0.2) is 0 Å². The zero-order valence-corrected chi connectivity index (χ0v) is 9.69. The van der Waals surface area contributed by atoms with Crippen LogP contribution in [0.3, 0.4) is 0 Å². The van der Waals surface area contributed by atoms with Crippen molar-refractivity contribution in [2.24, 2.45) is 0 Å². The maximum atomic E-state index is 11.2. The molecule has 0 rings (SSSR count). The molecule has 0 saturated heterocycles. The summed E-state index contributed by atoms with van der Waals surface area (Å²) in [6.45, 7) is 1.29. The summed E-state index contributed by atoms with van der Waals surface area (Å²) in [7, 11) is 5.33. The predicted molar refractivity (Wildman–Crippen MR) is 57.7 cm³/mol. The lowest BCUT2D eigenvalue weighted by Crippen LogP contribution is -2.26. The molecule has 0 radical (unpaired) electrons. The van der Waals surface area contributed by atoms with E-state index < -0.39 is 5.97 Å². The van der Waals surface area contributed by atoms with Gasteiger partial charge in [0.15, 0.2) is 0 Å². The number of carbonyl (C=O) groups is 2. The van der Waals surface area contributed by atoms with Crippen LogP contribution in [0.5, 0.6) is 0 Å². The fourth-order valence-corrected chi connectivity index (χ4v) is 1.12. The highest BCUT2D eigenvalue weighted by Crippen LogP contribution is 1.97. The summed E-state index contributed by atoms with van der Waals surface area (Å²) in [6.07, 6.45) is 1.44. The van der Waals surface area contributed by atoms with Crippen molar-refractivity contribution in [3.05, 3.63) is 0 Å². The van der Waals surface area contributed by atoms with Crippen molar-refractivity contribution >= 4 is 11.9 Å². The number of nitrogens with zero attached hydrogens (tertiary/aromatic N) is 2. The molecule has 0 spiro atoms. The van der Waals surface area contributed by atoms with Gasteiger partial charge < -0.3 is 14.9 Å². The molecule has 0 aromatic rings. The van der Waals surface area contributed by atoms with Crippen LogP contribution >= 0.6 is 0 Å². The van der Waals surface area contributed by atoms with E-state index >= 15 is 0 Å². The van der Waals surface area contributed by atoms with Gasteiger partial charge in [-0.05, 0) is 20.0 Å². The first kappa shape index (κ1) is 13.9. The van der Waals surface area contributed by atoms with E-state index in [-0.39, 0.29) is 12.3 Å². The summed E-state index contributed by atoms with van der Waals surface area (Å²) < 4.78 is 0. The largest absolute Gasteiger partial charge is 0.481 e. The molecule has 1 amide bonds. The molecule has 0 atom stereocenters. The van der Waals surface area contributed by atoms with E-state index in [4.69, 9.17) is 5.11 Å². The average molecular weight is 216 g/mol. The second-order valence-electron chi connectivity index (χ2n) is 3.84. The van der Waals surface area contributed by atoms with Gasteiger partial charge >= 0.3 is 5.97 Å². The molecule has 0 aromatic carbocycles. The highest BCUT2D eigenvalue weighted by molar-refractivity contribution is 5.75. The molecular weight excluding hydrogens is 196 g/mol. The van der Waals surface area contributed by atoms with Crippen molar-refractivity contribution < 1.29 is 14.7 Å². The zero-order valence-electron chi connectivity index (χ0n) is 9.69. The third-order valence-corrected chi connectivity index (χ3v) is 2.14. The van der Waals surface area contributed by atoms with Gasteiger partial charge in [0.2, 0.25) is 5.91 Å². The van der Waals surface area contributed by atoms with Crippen LogP contribution in [-0.4, -0.2) is 61.0 Å². The molecule has 0 aliphatic rings. The monoisotopic (exact) mass is 216 g/mol. The number of rotatable bonds is 7. The molecule has 88 valence electrons. The van der Waals surface area contributed by atoms with Gasteiger partial charge in [0.1, 0.15) is 0 Å². The zero-order chi connectivity index (χ0) is 11.8. The second kappa shape index (κ2) is 7.23. The molecule has 0 aliphatic heterocycles. The number of carbonyl (C=O) groups excluding carboxylic acids is 1. The van der Waals surface area contributed by atoms with Crippen molar-refractivity contribution in [1.29, 1.82) is 0 Å². The SMILES string of the molecule is CN(CCCC(=O)N(C)C)CCC(=O)O. The van der Waals surface area contributed by atoms with Crippen LogP contribution in [-0.2, 0) is 9.59 Å². The normalized spacial score (nSPS) is 10.4. The number of hydrogen-bond acceptors (Lipinski definition) is 3. The Bertz CT molecular complexity index is 217. The Morgan fingerprint density at radius 3 is 2.13 bits per heavy atom.